The minimum absolute atomic E-state index is 0.241. The summed E-state index contributed by atoms with van der Waals surface area (Å²) in [6, 6.07) is 14.6. The maximum absolute atomic E-state index is 13.0. The second-order valence-corrected chi connectivity index (χ2v) is 8.60. The highest BCUT2D eigenvalue weighted by molar-refractivity contribution is 7.90. The van der Waals surface area contributed by atoms with Gasteiger partial charge in [0.05, 0.1) is 23.3 Å². The normalized spacial score (nSPS) is 12.9. The largest absolute Gasteiger partial charge is 0.387 e. The van der Waals surface area contributed by atoms with Crippen molar-refractivity contribution in [2.24, 2.45) is 0 Å². The van der Waals surface area contributed by atoms with Gasteiger partial charge in [0.1, 0.15) is 10.8 Å². The third-order valence-electron chi connectivity index (χ3n) is 3.61. The standard InChI is InChI=1S/C18H16FNO3S2/c19-15-8-6-14(7-9-15)18-20-16(10-24-18)11-25(22,23)12-17(21)13-4-2-1-3-5-13/h1-10,17,21H,11-12H2/t17-/m1/s1. The number of aliphatic hydroxyl groups is 1. The van der Waals surface area contributed by atoms with Gasteiger partial charge in [0.15, 0.2) is 9.84 Å². The fourth-order valence-corrected chi connectivity index (χ4v) is 4.72. The number of hydrogen-bond donors (Lipinski definition) is 1. The molecule has 0 aliphatic carbocycles. The number of aromatic nitrogens is 1. The second kappa shape index (κ2) is 7.43. The third-order valence-corrected chi connectivity index (χ3v) is 6.11. The topological polar surface area (TPSA) is 67.3 Å². The van der Waals surface area contributed by atoms with Crippen molar-refractivity contribution >= 4 is 21.2 Å². The number of benzene rings is 2. The average molecular weight is 377 g/mol. The van der Waals surface area contributed by atoms with Crippen molar-refractivity contribution < 1.29 is 17.9 Å². The molecule has 1 N–H and O–H groups in total. The molecule has 1 heterocycles. The van der Waals surface area contributed by atoms with E-state index in [1.165, 1.54) is 23.5 Å². The van der Waals surface area contributed by atoms with Crippen molar-refractivity contribution in [3.63, 3.8) is 0 Å². The molecule has 1 atom stereocenters. The van der Waals surface area contributed by atoms with Crippen LogP contribution in [0, 0.1) is 5.82 Å². The van der Waals surface area contributed by atoms with Crippen molar-refractivity contribution in [1.82, 2.24) is 4.98 Å². The molecular formula is C18H16FNO3S2. The van der Waals surface area contributed by atoms with Gasteiger partial charge < -0.3 is 5.11 Å². The fraction of sp³-hybridized carbons (Fsp3) is 0.167. The lowest BCUT2D eigenvalue weighted by Crippen LogP contribution is -2.16. The molecule has 0 spiro atoms. The first-order valence-electron chi connectivity index (χ1n) is 7.57. The fourth-order valence-electron chi connectivity index (χ4n) is 2.39. The number of hydrogen-bond acceptors (Lipinski definition) is 5. The summed E-state index contributed by atoms with van der Waals surface area (Å²) < 4.78 is 37.6. The van der Waals surface area contributed by atoms with Gasteiger partial charge in [-0.1, -0.05) is 30.3 Å². The summed E-state index contributed by atoms with van der Waals surface area (Å²) >= 11 is 1.30. The molecule has 0 aliphatic heterocycles. The van der Waals surface area contributed by atoms with Crippen LogP contribution in [0.4, 0.5) is 4.39 Å². The highest BCUT2D eigenvalue weighted by Crippen LogP contribution is 2.25. The zero-order valence-electron chi connectivity index (χ0n) is 13.2. The van der Waals surface area contributed by atoms with Crippen LogP contribution in [0.25, 0.3) is 10.6 Å². The van der Waals surface area contributed by atoms with E-state index in [2.05, 4.69) is 4.98 Å². The van der Waals surface area contributed by atoms with Crippen molar-refractivity contribution in [1.29, 1.82) is 0 Å². The Morgan fingerprint density at radius 3 is 2.44 bits per heavy atom. The van der Waals surface area contributed by atoms with Crippen LogP contribution in [0.2, 0.25) is 0 Å². The number of sulfone groups is 1. The molecule has 130 valence electrons. The van der Waals surface area contributed by atoms with Crippen LogP contribution in [-0.2, 0) is 15.6 Å². The van der Waals surface area contributed by atoms with Gasteiger partial charge in [-0.05, 0) is 29.8 Å². The number of rotatable bonds is 6. The molecule has 3 rings (SSSR count). The Balaban J connectivity index is 1.70. The van der Waals surface area contributed by atoms with E-state index in [-0.39, 0.29) is 17.3 Å². The number of nitrogens with zero attached hydrogens (tertiary/aromatic N) is 1. The summed E-state index contributed by atoms with van der Waals surface area (Å²) in [6.07, 6.45) is -1.07. The Labute approximate surface area is 149 Å². The molecule has 0 unspecified atom stereocenters. The Morgan fingerprint density at radius 2 is 1.76 bits per heavy atom. The zero-order valence-corrected chi connectivity index (χ0v) is 14.8. The van der Waals surface area contributed by atoms with Crippen molar-refractivity contribution in [2.45, 2.75) is 11.9 Å². The molecule has 25 heavy (non-hydrogen) atoms. The van der Waals surface area contributed by atoms with E-state index in [4.69, 9.17) is 0 Å². The van der Waals surface area contributed by atoms with E-state index < -0.39 is 15.9 Å². The van der Waals surface area contributed by atoms with Crippen LogP contribution >= 0.6 is 11.3 Å². The number of halogens is 1. The Morgan fingerprint density at radius 1 is 1.08 bits per heavy atom. The molecule has 7 heteroatoms. The van der Waals surface area contributed by atoms with Gasteiger partial charge in [-0.25, -0.2) is 17.8 Å². The Bertz CT molecular complexity index is 938. The summed E-state index contributed by atoms with van der Waals surface area (Å²) in [4.78, 5) is 4.31. The quantitative estimate of drug-likeness (QED) is 0.713. The van der Waals surface area contributed by atoms with Gasteiger partial charge in [0.2, 0.25) is 0 Å². The molecule has 1 aromatic heterocycles. The van der Waals surface area contributed by atoms with Crippen molar-refractivity contribution in [3.05, 3.63) is 77.1 Å². The maximum atomic E-state index is 13.0. The zero-order chi connectivity index (χ0) is 17.9. The van der Waals surface area contributed by atoms with Crippen molar-refractivity contribution in [3.8, 4) is 10.6 Å². The lowest BCUT2D eigenvalue weighted by molar-refractivity contribution is 0.201. The van der Waals surface area contributed by atoms with Crippen molar-refractivity contribution in [2.75, 3.05) is 5.75 Å². The summed E-state index contributed by atoms with van der Waals surface area (Å²) in [6.45, 7) is 0. The SMILES string of the molecule is O=S(=O)(Cc1csc(-c2ccc(F)cc2)n1)C[C@@H](O)c1ccccc1. The summed E-state index contributed by atoms with van der Waals surface area (Å²) in [5.74, 6) is -0.937. The van der Waals surface area contributed by atoms with Gasteiger partial charge in [-0.3, -0.25) is 0 Å². The Hall–Kier alpha value is -2.09. The molecule has 3 aromatic rings. The van der Waals surface area contributed by atoms with E-state index in [9.17, 15) is 17.9 Å². The van der Waals surface area contributed by atoms with Crippen LogP contribution in [0.3, 0.4) is 0 Å². The minimum atomic E-state index is -3.52. The molecule has 0 bridgehead atoms. The predicted octanol–water partition coefficient (Wildman–Crippen LogP) is 3.60. The second-order valence-electron chi connectivity index (χ2n) is 5.63. The molecule has 0 fully saturated rings. The van der Waals surface area contributed by atoms with E-state index in [1.54, 1.807) is 47.8 Å². The van der Waals surface area contributed by atoms with Crippen LogP contribution in [-0.4, -0.2) is 24.3 Å². The van der Waals surface area contributed by atoms with Crippen LogP contribution in [0.5, 0.6) is 0 Å². The lowest BCUT2D eigenvalue weighted by atomic mass is 10.1. The molecule has 0 aliphatic rings. The first-order chi connectivity index (χ1) is 11.9. The summed E-state index contributed by atoms with van der Waals surface area (Å²) in [7, 11) is -3.52. The van der Waals surface area contributed by atoms with Crippen LogP contribution in [0.1, 0.15) is 17.4 Å². The monoisotopic (exact) mass is 377 g/mol. The number of thiazole rings is 1. The maximum Gasteiger partial charge on any atom is 0.158 e. The highest BCUT2D eigenvalue weighted by atomic mass is 32.2. The van der Waals surface area contributed by atoms with Gasteiger partial charge in [-0.2, -0.15) is 0 Å². The molecular weight excluding hydrogens is 361 g/mol. The summed E-state index contributed by atoms with van der Waals surface area (Å²) in [5, 5.41) is 12.4. The summed E-state index contributed by atoms with van der Waals surface area (Å²) in [5.41, 5.74) is 1.72. The van der Waals surface area contributed by atoms with Crippen LogP contribution < -0.4 is 0 Å². The average Bonchev–Trinajstić information content (AvgIpc) is 3.03. The molecule has 0 saturated heterocycles. The lowest BCUT2D eigenvalue weighted by Gasteiger charge is -2.10. The minimum Gasteiger partial charge on any atom is -0.387 e. The Kier molecular flexibility index (Phi) is 5.27. The molecule has 0 radical (unpaired) electrons. The van der Waals surface area contributed by atoms with Gasteiger partial charge in [0, 0.05) is 10.9 Å². The van der Waals surface area contributed by atoms with E-state index in [1.807, 2.05) is 0 Å². The number of aliphatic hydroxyl groups excluding tert-OH is 1. The third kappa shape index (κ3) is 4.72. The smallest absolute Gasteiger partial charge is 0.158 e. The van der Waals surface area contributed by atoms with E-state index in [0.29, 0.717) is 16.3 Å². The van der Waals surface area contributed by atoms with E-state index >= 15 is 0 Å². The first-order valence-corrected chi connectivity index (χ1v) is 10.3. The predicted molar refractivity (Wildman–Crippen MR) is 96.4 cm³/mol. The molecule has 2 aromatic carbocycles. The van der Waals surface area contributed by atoms with Gasteiger partial charge in [-0.15, -0.1) is 11.3 Å². The van der Waals surface area contributed by atoms with E-state index in [0.717, 1.165) is 5.56 Å². The molecule has 0 saturated carbocycles. The highest BCUT2D eigenvalue weighted by Gasteiger charge is 2.20. The van der Waals surface area contributed by atoms with Crippen LogP contribution in [0.15, 0.2) is 60.0 Å². The molecule has 0 amide bonds. The van der Waals surface area contributed by atoms with Gasteiger partial charge >= 0.3 is 0 Å². The molecule has 4 nitrogen and oxygen atoms in total. The first kappa shape index (κ1) is 17.7. The van der Waals surface area contributed by atoms with Gasteiger partial charge in [0.25, 0.3) is 0 Å².